The Hall–Kier alpha value is -3.91. The van der Waals surface area contributed by atoms with Crippen molar-refractivity contribution in [3.63, 3.8) is 0 Å². The first-order chi connectivity index (χ1) is 25.8. The number of piperidine rings is 1. The number of benzene rings is 2. The molecule has 0 amide bonds. The number of likely N-dealkylation sites (tertiary alicyclic amines) is 1. The highest BCUT2D eigenvalue weighted by Gasteiger charge is 2.51. The van der Waals surface area contributed by atoms with Gasteiger partial charge in [0.25, 0.3) is 0 Å². The second kappa shape index (κ2) is 14.1. The van der Waals surface area contributed by atoms with E-state index in [9.17, 15) is 11.6 Å². The fourth-order valence-electron chi connectivity index (χ4n) is 9.42. The zero-order chi connectivity index (χ0) is 38.0. The summed E-state index contributed by atoms with van der Waals surface area (Å²) in [6, 6.07) is 6.43. The van der Waals surface area contributed by atoms with Crippen LogP contribution in [0.4, 0.5) is 14.6 Å². The topological polar surface area (TPSA) is 123 Å². The van der Waals surface area contributed by atoms with Gasteiger partial charge in [-0.1, -0.05) is 18.6 Å². The van der Waals surface area contributed by atoms with E-state index >= 15 is 8.78 Å². The lowest BCUT2D eigenvalue weighted by atomic mass is 9.74. The van der Waals surface area contributed by atoms with E-state index in [0.29, 0.717) is 24.8 Å². The Morgan fingerprint density at radius 3 is 2.64 bits per heavy atom. The molecule has 6 atom stereocenters. The van der Waals surface area contributed by atoms with Gasteiger partial charge in [-0.3, -0.25) is 4.90 Å². The molecular weight excluding hydrogens is 684 g/mol. The first-order valence-electron chi connectivity index (χ1n) is 19.3. The summed E-state index contributed by atoms with van der Waals surface area (Å²) in [5, 5.41) is 22.4. The molecule has 4 aliphatic rings. The minimum Gasteiger partial charge on any atom is -0.508 e. The fourth-order valence-corrected chi connectivity index (χ4v) is 9.42. The van der Waals surface area contributed by atoms with Crippen LogP contribution in [-0.4, -0.2) is 106 Å². The van der Waals surface area contributed by atoms with Crippen molar-refractivity contribution in [2.75, 3.05) is 51.5 Å². The second-order valence-electron chi connectivity index (χ2n) is 15.7. The number of methoxy groups -OCH3 is 1. The summed E-state index contributed by atoms with van der Waals surface area (Å²) >= 11 is 0. The van der Waals surface area contributed by atoms with Gasteiger partial charge >= 0.3 is 6.01 Å². The SMILES string of the molecule is [2H]C1(N2CCC[C@@]3(COc4nc(N5CCOC[C@@](C)(O)C5)c5c(OC)nc(-c6cc(O)cc7cccc(F)c67)c(F)c5n4)CCC[C@@H]23)C[C@@H](C)O[C@@H](C)C1. The molecule has 2 aromatic heterocycles. The molecule has 0 bridgehead atoms. The van der Waals surface area contributed by atoms with Gasteiger partial charge in [-0.05, 0) is 89.4 Å². The van der Waals surface area contributed by atoms with Crippen LogP contribution in [0.25, 0.3) is 32.9 Å². The Kier molecular flexibility index (Phi) is 9.24. The van der Waals surface area contributed by atoms with Crippen molar-refractivity contribution in [1.29, 1.82) is 0 Å². The summed E-state index contributed by atoms with van der Waals surface area (Å²) in [4.78, 5) is 18.3. The van der Waals surface area contributed by atoms with Crippen LogP contribution in [0.1, 0.15) is 67.1 Å². The van der Waals surface area contributed by atoms with Gasteiger partial charge in [0.2, 0.25) is 5.88 Å². The molecule has 1 aliphatic carbocycles. The Balaban J connectivity index is 1.24. The van der Waals surface area contributed by atoms with Crippen molar-refractivity contribution in [2.45, 2.75) is 95.6 Å². The Bertz CT molecular complexity index is 2060. The number of aromatic hydroxyl groups is 1. The van der Waals surface area contributed by atoms with Gasteiger partial charge in [0.15, 0.2) is 5.82 Å². The van der Waals surface area contributed by atoms with E-state index in [1.54, 1.807) is 17.9 Å². The lowest BCUT2D eigenvalue weighted by Crippen LogP contribution is -2.57. The molecule has 11 nitrogen and oxygen atoms in total. The number of ether oxygens (including phenoxy) is 4. The van der Waals surface area contributed by atoms with Gasteiger partial charge in [-0.25, -0.2) is 13.8 Å². The van der Waals surface area contributed by atoms with E-state index < -0.39 is 23.3 Å². The Morgan fingerprint density at radius 1 is 1.06 bits per heavy atom. The number of anilines is 1. The van der Waals surface area contributed by atoms with E-state index in [0.717, 1.165) is 38.6 Å². The van der Waals surface area contributed by atoms with Gasteiger partial charge < -0.3 is 34.1 Å². The zero-order valence-corrected chi connectivity index (χ0v) is 30.8. The van der Waals surface area contributed by atoms with E-state index in [-0.39, 0.29) is 101 Å². The normalized spacial score (nSPS) is 31.3. The molecule has 4 fully saturated rings. The number of rotatable bonds is 7. The monoisotopic (exact) mass is 734 g/mol. The molecule has 8 rings (SSSR count). The average Bonchev–Trinajstić information content (AvgIpc) is 3.46. The van der Waals surface area contributed by atoms with Crippen LogP contribution in [0, 0.1) is 17.0 Å². The number of phenolic OH excluding ortho intramolecular Hbond substituents is 1. The largest absolute Gasteiger partial charge is 0.508 e. The van der Waals surface area contributed by atoms with E-state index in [1.165, 1.54) is 31.4 Å². The van der Waals surface area contributed by atoms with Crippen LogP contribution in [0.2, 0.25) is 0 Å². The third-order valence-electron chi connectivity index (χ3n) is 11.5. The summed E-state index contributed by atoms with van der Waals surface area (Å²) in [6.07, 6.45) is 6.00. The summed E-state index contributed by atoms with van der Waals surface area (Å²) in [6.45, 7) is 7.69. The Labute approximate surface area is 309 Å². The number of phenols is 1. The molecule has 2 N–H and O–H groups in total. The maximum atomic E-state index is 17.2. The van der Waals surface area contributed by atoms with Crippen molar-refractivity contribution in [3.05, 3.63) is 42.0 Å². The van der Waals surface area contributed by atoms with Gasteiger partial charge in [-0.15, -0.1) is 0 Å². The predicted molar refractivity (Wildman–Crippen MR) is 197 cm³/mol. The maximum Gasteiger partial charge on any atom is 0.319 e. The quantitative estimate of drug-likeness (QED) is 0.220. The molecule has 284 valence electrons. The predicted octanol–water partition coefficient (Wildman–Crippen LogP) is 6.39. The summed E-state index contributed by atoms with van der Waals surface area (Å²) in [5.74, 6) is -1.42. The smallest absolute Gasteiger partial charge is 0.319 e. The van der Waals surface area contributed by atoms with E-state index in [1.807, 2.05) is 13.8 Å². The summed E-state index contributed by atoms with van der Waals surface area (Å²) in [7, 11) is 1.40. The van der Waals surface area contributed by atoms with Crippen molar-refractivity contribution in [2.24, 2.45) is 5.41 Å². The Morgan fingerprint density at radius 2 is 1.85 bits per heavy atom. The number of pyridine rings is 1. The first-order valence-corrected chi connectivity index (χ1v) is 18.8. The highest BCUT2D eigenvalue weighted by Crippen LogP contribution is 2.50. The second-order valence-corrected chi connectivity index (χ2v) is 15.7. The maximum absolute atomic E-state index is 17.2. The molecule has 1 saturated carbocycles. The number of hydrogen-bond donors (Lipinski definition) is 2. The number of β-amino-alcohol motifs (C(OH)–C–C–N with tert-alkyl or cyclic N) is 1. The molecule has 0 spiro atoms. The fraction of sp³-hybridized carbons (Fsp3) is 0.575. The summed E-state index contributed by atoms with van der Waals surface area (Å²) < 4.78 is 66.3. The van der Waals surface area contributed by atoms with Crippen molar-refractivity contribution in [1.82, 2.24) is 19.9 Å². The number of halogens is 2. The van der Waals surface area contributed by atoms with Crippen molar-refractivity contribution >= 4 is 27.5 Å². The molecule has 4 aromatic rings. The van der Waals surface area contributed by atoms with Crippen LogP contribution in [0.5, 0.6) is 17.6 Å². The van der Waals surface area contributed by atoms with Crippen LogP contribution < -0.4 is 14.4 Å². The minimum absolute atomic E-state index is 0.00424. The number of aromatic nitrogens is 3. The third-order valence-corrected chi connectivity index (χ3v) is 11.5. The van der Waals surface area contributed by atoms with Crippen LogP contribution in [0.3, 0.4) is 0 Å². The first kappa shape index (κ1) is 34.8. The molecule has 53 heavy (non-hydrogen) atoms. The van der Waals surface area contributed by atoms with Gasteiger partial charge in [0.05, 0.1) is 45.7 Å². The highest BCUT2D eigenvalue weighted by atomic mass is 19.1. The molecule has 13 heteroatoms. The molecule has 3 aliphatic heterocycles. The number of fused-ring (bicyclic) bond motifs is 3. The van der Waals surface area contributed by atoms with Crippen LogP contribution in [0.15, 0.2) is 30.3 Å². The molecule has 3 saturated heterocycles. The molecule has 1 unspecified atom stereocenters. The molecule has 0 radical (unpaired) electrons. The standard InChI is InChI=1S/C40H49F2N5O6/c1-23-16-26(17-24(2)53-23)47-13-7-12-40(11-6-10-30(40)47)22-52-38-44-35-32(36(45-38)46-14-15-51-21-39(3,49)20-46)37(50-4)43-34(33(35)42)28-19-27(48)18-25-8-5-9-29(41)31(25)28/h5,8-9,18-19,23-24,26,30,48-49H,6-7,10-17,20-22H2,1-4H3/t23-,24+,26?,30-,39+,40-/m1/s1/i26D. The van der Waals surface area contributed by atoms with Crippen molar-refractivity contribution < 1.29 is 39.3 Å². The van der Waals surface area contributed by atoms with E-state index in [4.69, 9.17) is 23.9 Å². The van der Waals surface area contributed by atoms with Crippen molar-refractivity contribution in [3.8, 4) is 28.9 Å². The summed E-state index contributed by atoms with van der Waals surface area (Å²) in [5.41, 5.74) is -1.89. The minimum atomic E-state index is -1.25. The third kappa shape index (κ3) is 6.74. The molecular formula is C40H49F2N5O6. The molecule has 2 aromatic carbocycles. The van der Waals surface area contributed by atoms with Gasteiger partial charge in [-0.2, -0.15) is 9.97 Å². The average molecular weight is 735 g/mol. The zero-order valence-electron chi connectivity index (χ0n) is 31.8. The van der Waals surface area contributed by atoms with Gasteiger partial charge in [0, 0.05) is 36.3 Å². The number of nitrogens with zero attached hydrogens (tertiary/aromatic N) is 5. The molecule has 5 heterocycles. The number of hydrogen-bond acceptors (Lipinski definition) is 11. The number of aliphatic hydroxyl groups is 1. The van der Waals surface area contributed by atoms with E-state index in [2.05, 4.69) is 14.9 Å². The van der Waals surface area contributed by atoms with Crippen LogP contribution in [-0.2, 0) is 9.47 Å². The lowest BCUT2D eigenvalue weighted by molar-refractivity contribution is -0.0967. The van der Waals surface area contributed by atoms with Gasteiger partial charge in [0.1, 0.15) is 39.6 Å². The highest BCUT2D eigenvalue weighted by molar-refractivity contribution is 6.02. The lowest BCUT2D eigenvalue weighted by Gasteiger charge is -2.51. The van der Waals surface area contributed by atoms with Crippen LogP contribution >= 0.6 is 0 Å².